The monoisotopic (exact) mass is 607 g/mol. The van der Waals surface area contributed by atoms with Crippen molar-refractivity contribution >= 4 is 5.97 Å². The maximum Gasteiger partial charge on any atom is 0.303 e. The van der Waals surface area contributed by atoms with Crippen molar-refractivity contribution in [3.05, 3.63) is 0 Å². The van der Waals surface area contributed by atoms with Gasteiger partial charge in [0.2, 0.25) is 0 Å². The summed E-state index contributed by atoms with van der Waals surface area (Å²) in [5.74, 6) is -0.305. The lowest BCUT2D eigenvalue weighted by Gasteiger charge is -2.52. The summed E-state index contributed by atoms with van der Waals surface area (Å²) in [5.41, 5.74) is 0. The Bertz CT molecular complexity index is 912. The van der Waals surface area contributed by atoms with E-state index in [1.807, 2.05) is 0 Å². The van der Waals surface area contributed by atoms with Crippen LogP contribution in [0.15, 0.2) is 0 Å². The van der Waals surface area contributed by atoms with E-state index in [1.165, 1.54) is 6.92 Å². The Kier molecular flexibility index (Phi) is 10.4. The van der Waals surface area contributed by atoms with Gasteiger partial charge in [-0.3, -0.25) is 10.1 Å². The molecule has 0 amide bonds. The van der Waals surface area contributed by atoms with Crippen molar-refractivity contribution in [3.8, 4) is 0 Å². The van der Waals surface area contributed by atoms with Gasteiger partial charge < -0.3 is 63.4 Å². The summed E-state index contributed by atoms with van der Waals surface area (Å²) in [6.07, 6.45) is -12.8. The van der Waals surface area contributed by atoms with Crippen LogP contribution in [0.25, 0.3) is 0 Å². The van der Waals surface area contributed by atoms with Gasteiger partial charge in [0, 0.05) is 45.6 Å². The fourth-order valence-corrected chi connectivity index (χ4v) is 7.25. The van der Waals surface area contributed by atoms with Crippen molar-refractivity contribution in [1.29, 1.82) is 0 Å². The molecule has 4 aliphatic heterocycles. The van der Waals surface area contributed by atoms with Crippen LogP contribution in [0.2, 0.25) is 0 Å². The number of carbonyl (C=O) groups excluding carboxylic acids is 1. The fraction of sp³-hybridized carbons (Fsp3) is 0.963. The molecule has 0 aromatic rings. The minimum Gasteiger partial charge on any atom is -0.454 e. The molecule has 5 fully saturated rings. The molecule has 242 valence electrons. The number of esters is 1. The van der Waals surface area contributed by atoms with Crippen molar-refractivity contribution in [3.63, 3.8) is 0 Å². The van der Waals surface area contributed by atoms with Gasteiger partial charge in [-0.2, -0.15) is 0 Å². The number of piperidine rings is 1. The second-order valence-electron chi connectivity index (χ2n) is 11.8. The van der Waals surface area contributed by atoms with Crippen molar-refractivity contribution in [2.24, 2.45) is 11.8 Å². The van der Waals surface area contributed by atoms with Crippen LogP contribution >= 0.6 is 0 Å². The lowest BCUT2D eigenvalue weighted by atomic mass is 9.70. The molecule has 5 aliphatic rings. The van der Waals surface area contributed by atoms with E-state index in [0.29, 0.717) is 13.0 Å². The molecule has 0 bridgehead atoms. The predicted octanol–water partition coefficient (Wildman–Crippen LogP) is -2.63. The number of fused-ring (bicyclic) bond motifs is 2. The largest absolute Gasteiger partial charge is 0.454 e. The predicted molar refractivity (Wildman–Crippen MR) is 138 cm³/mol. The van der Waals surface area contributed by atoms with E-state index in [2.05, 4.69) is 5.32 Å². The van der Waals surface area contributed by atoms with E-state index in [-0.39, 0.29) is 30.2 Å². The average Bonchev–Trinajstić information content (AvgIpc) is 3.44. The second-order valence-corrected chi connectivity index (χ2v) is 11.8. The molecule has 4 saturated heterocycles. The van der Waals surface area contributed by atoms with Gasteiger partial charge in [-0.1, -0.05) is 0 Å². The van der Waals surface area contributed by atoms with Gasteiger partial charge in [0.05, 0.1) is 31.0 Å². The Morgan fingerprint density at radius 2 is 1.57 bits per heavy atom. The SMILES string of the molecule is COC1C2CCOC2NC2C1CCC(O[C@@H]1O[C@H](C)[C@H](O)[C@@H](O[C@H]3O[C@H](CO)[C@@H](O)[C@H](O)[C@H]3O)[C@H]1OC(C)=O)C2OC. The molecule has 1 saturated carbocycles. The molecule has 0 spiro atoms. The Balaban J connectivity index is 1.35. The van der Waals surface area contributed by atoms with E-state index in [9.17, 15) is 30.3 Å². The fourth-order valence-electron chi connectivity index (χ4n) is 7.25. The van der Waals surface area contributed by atoms with E-state index in [1.54, 1.807) is 21.1 Å². The van der Waals surface area contributed by atoms with Crippen LogP contribution < -0.4 is 5.32 Å². The minimum absolute atomic E-state index is 0.00596. The molecule has 0 aromatic carbocycles. The molecule has 1 aliphatic carbocycles. The van der Waals surface area contributed by atoms with Crippen molar-refractivity contribution in [1.82, 2.24) is 5.32 Å². The van der Waals surface area contributed by atoms with Crippen LogP contribution in [-0.2, 0) is 42.7 Å². The Labute approximate surface area is 244 Å². The number of methoxy groups -OCH3 is 2. The number of hydrogen-bond acceptors (Lipinski definition) is 15. The van der Waals surface area contributed by atoms with Gasteiger partial charge in [0.25, 0.3) is 0 Å². The molecule has 4 heterocycles. The van der Waals surface area contributed by atoms with E-state index < -0.39 is 86.2 Å². The molecule has 0 radical (unpaired) electrons. The smallest absolute Gasteiger partial charge is 0.303 e. The first-order chi connectivity index (χ1) is 20.1. The average molecular weight is 608 g/mol. The molecule has 17 atom stereocenters. The highest BCUT2D eigenvalue weighted by Gasteiger charge is 2.56. The number of aliphatic hydroxyl groups is 5. The van der Waals surface area contributed by atoms with Crippen LogP contribution in [0.4, 0.5) is 0 Å². The summed E-state index contributed by atoms with van der Waals surface area (Å²) in [7, 11) is 3.31. The first-order valence-electron chi connectivity index (χ1n) is 14.6. The quantitative estimate of drug-likeness (QED) is 0.156. The summed E-state index contributed by atoms with van der Waals surface area (Å²) in [4.78, 5) is 12.2. The van der Waals surface area contributed by atoms with Crippen molar-refractivity contribution < 1.29 is 68.2 Å². The Hall–Kier alpha value is -1.05. The van der Waals surface area contributed by atoms with Crippen LogP contribution in [0.1, 0.15) is 33.1 Å². The maximum absolute atomic E-state index is 12.2. The highest BCUT2D eigenvalue weighted by Crippen LogP contribution is 2.43. The molecule has 0 aromatic heterocycles. The zero-order valence-electron chi connectivity index (χ0n) is 24.3. The third kappa shape index (κ3) is 6.09. The maximum atomic E-state index is 12.2. The van der Waals surface area contributed by atoms with Gasteiger partial charge in [-0.15, -0.1) is 0 Å². The number of aliphatic hydroxyl groups excluding tert-OH is 5. The molecule has 15 heteroatoms. The van der Waals surface area contributed by atoms with E-state index >= 15 is 0 Å². The number of carbonyl (C=O) groups is 1. The van der Waals surface area contributed by atoms with Gasteiger partial charge in [0.1, 0.15) is 42.9 Å². The third-order valence-electron chi connectivity index (χ3n) is 9.36. The molecule has 15 nitrogen and oxygen atoms in total. The number of nitrogens with one attached hydrogen (secondary N) is 1. The lowest BCUT2D eigenvalue weighted by molar-refractivity contribution is -0.364. The van der Waals surface area contributed by atoms with Crippen LogP contribution in [-0.4, -0.2) is 151 Å². The van der Waals surface area contributed by atoms with Crippen LogP contribution in [0.5, 0.6) is 0 Å². The standard InChI is InChI=1S/C27H45NO14/c1-10-17(31)23(42-26-20(34)19(33)18(32)15(9-29)41-26)24(39-11(2)30)27(38-10)40-14-6-5-12-16(22(14)36-4)28-25-13(7-8-37-25)21(12)35-3/h10,12-29,31-34H,5-9H2,1-4H3/t10-,12?,13?,14?,15-,16?,17+,18-,19+,20-,21?,22?,23-,24-,25?,26-,27+/m1/s1. The highest BCUT2D eigenvalue weighted by molar-refractivity contribution is 5.66. The topological polar surface area (TPSA) is 204 Å². The van der Waals surface area contributed by atoms with Crippen molar-refractivity contribution in [2.45, 2.75) is 125 Å². The van der Waals surface area contributed by atoms with Crippen molar-refractivity contribution in [2.75, 3.05) is 27.4 Å². The zero-order valence-corrected chi connectivity index (χ0v) is 24.3. The molecule has 7 unspecified atom stereocenters. The number of hydrogen-bond donors (Lipinski definition) is 6. The first kappa shape index (κ1) is 32.3. The zero-order chi connectivity index (χ0) is 30.3. The lowest BCUT2D eigenvalue weighted by Crippen LogP contribution is -2.68. The second kappa shape index (κ2) is 13.5. The normalized spacial score (nSPS) is 51.0. The Morgan fingerprint density at radius 1 is 0.833 bits per heavy atom. The summed E-state index contributed by atoms with van der Waals surface area (Å²) < 4.78 is 47.2. The number of rotatable bonds is 8. The summed E-state index contributed by atoms with van der Waals surface area (Å²) in [6, 6.07) is -0.155. The molecule has 42 heavy (non-hydrogen) atoms. The minimum atomic E-state index is -1.73. The summed E-state index contributed by atoms with van der Waals surface area (Å²) in [5, 5.41) is 55.1. The third-order valence-corrected chi connectivity index (χ3v) is 9.36. The molecule has 5 rings (SSSR count). The van der Waals surface area contributed by atoms with Crippen LogP contribution in [0, 0.1) is 11.8 Å². The van der Waals surface area contributed by atoms with E-state index in [0.717, 1.165) is 12.8 Å². The summed E-state index contributed by atoms with van der Waals surface area (Å²) in [6.45, 7) is 2.76. The molecular weight excluding hydrogens is 562 g/mol. The number of ether oxygens (including phenoxy) is 8. The molecular formula is C27H45NO14. The Morgan fingerprint density at radius 3 is 2.24 bits per heavy atom. The summed E-state index contributed by atoms with van der Waals surface area (Å²) >= 11 is 0. The first-order valence-corrected chi connectivity index (χ1v) is 14.6. The van der Waals surface area contributed by atoms with E-state index in [4.69, 9.17) is 37.9 Å². The van der Waals surface area contributed by atoms with Gasteiger partial charge in [0.15, 0.2) is 18.7 Å². The van der Waals surface area contributed by atoms with Gasteiger partial charge in [-0.05, 0) is 26.2 Å². The molecule has 6 N–H and O–H groups in total. The highest BCUT2D eigenvalue weighted by atomic mass is 16.8. The van der Waals surface area contributed by atoms with Crippen LogP contribution in [0.3, 0.4) is 0 Å². The van der Waals surface area contributed by atoms with Gasteiger partial charge >= 0.3 is 5.97 Å². The van der Waals surface area contributed by atoms with Gasteiger partial charge in [-0.25, -0.2) is 0 Å².